The molecule has 0 heterocycles. The van der Waals surface area contributed by atoms with E-state index in [0.29, 0.717) is 0 Å². The van der Waals surface area contributed by atoms with E-state index in [4.69, 9.17) is 9.90 Å². The second-order valence-electron chi connectivity index (χ2n) is 1.96. The van der Waals surface area contributed by atoms with Crippen molar-refractivity contribution in [2.75, 3.05) is 6.61 Å². The molecule has 1 rings (SSSR count). The Bertz CT molecular complexity index is 177. The first-order valence-electron chi connectivity index (χ1n) is 3.37. The summed E-state index contributed by atoms with van der Waals surface area (Å²) in [6.45, 7) is 2.24. The fourth-order valence-electron chi connectivity index (χ4n) is 0.774. The van der Waals surface area contributed by atoms with E-state index in [1.807, 2.05) is 37.1 Å². The fraction of sp³-hybridized carbons (Fsp3) is 0.222. The van der Waals surface area contributed by atoms with E-state index < -0.39 is 0 Å². The third-order valence-electron chi connectivity index (χ3n) is 1.24. The number of rotatable bonds is 2. The molecule has 1 aromatic carbocycles. The van der Waals surface area contributed by atoms with Crippen molar-refractivity contribution in [2.24, 2.45) is 0 Å². The fourth-order valence-corrected chi connectivity index (χ4v) is 0.774. The molecule has 0 atom stereocenters. The number of aliphatic hydroxyl groups excluding tert-OH is 1. The zero-order chi connectivity index (χ0) is 8.53. The minimum atomic E-state index is 0. The summed E-state index contributed by atoms with van der Waals surface area (Å²) in [5, 5.41) is 8.52. The molecule has 0 saturated carbocycles. The van der Waals surface area contributed by atoms with Crippen molar-refractivity contribution < 1.29 is 9.90 Å². The van der Waals surface area contributed by atoms with Crippen LogP contribution in [0.15, 0.2) is 30.3 Å². The van der Waals surface area contributed by atoms with Crippen molar-refractivity contribution in [1.29, 1.82) is 0 Å². The molecule has 1 N–H and O–H groups in total. The van der Waals surface area contributed by atoms with Gasteiger partial charge in [0.25, 0.3) is 0 Å². The van der Waals surface area contributed by atoms with E-state index in [1.165, 1.54) is 5.56 Å². The molecule has 0 spiro atoms. The average molecular weight is 233 g/mol. The maximum absolute atomic E-state index is 8.52. The highest BCUT2D eigenvalue weighted by molar-refractivity contribution is 8.93. The molecule has 0 aliphatic heterocycles. The standard InChI is InChI=1S/C8H10O.CH2O.BrH/c9-7-6-8-4-2-1-3-5-8;1-2;/h1-5,9H,6-7H2;1H2;1H. The molecule has 0 aliphatic rings. The van der Waals surface area contributed by atoms with Crippen LogP contribution in [0.4, 0.5) is 0 Å². The molecule has 0 amide bonds. The normalized spacial score (nSPS) is 7.42. The lowest BCUT2D eigenvalue weighted by Crippen LogP contribution is -1.88. The first-order chi connectivity index (χ1) is 5.43. The lowest BCUT2D eigenvalue weighted by atomic mass is 10.2. The average Bonchev–Trinajstić information content (AvgIpc) is 2.11. The van der Waals surface area contributed by atoms with E-state index in [0.717, 1.165) is 6.42 Å². The zero-order valence-corrected chi connectivity index (χ0v) is 8.48. The van der Waals surface area contributed by atoms with Crippen LogP contribution in [0, 0.1) is 0 Å². The third-order valence-corrected chi connectivity index (χ3v) is 1.24. The van der Waals surface area contributed by atoms with Crippen LogP contribution >= 0.6 is 17.0 Å². The molecule has 0 unspecified atom stereocenters. The first-order valence-corrected chi connectivity index (χ1v) is 3.37. The number of halogens is 1. The van der Waals surface area contributed by atoms with Gasteiger partial charge in [-0.3, -0.25) is 0 Å². The van der Waals surface area contributed by atoms with Gasteiger partial charge in [0.15, 0.2) is 0 Å². The second kappa shape index (κ2) is 10.3. The zero-order valence-electron chi connectivity index (χ0n) is 6.77. The van der Waals surface area contributed by atoms with E-state index >= 15 is 0 Å². The van der Waals surface area contributed by atoms with Crippen LogP contribution in [-0.2, 0) is 11.2 Å². The Morgan fingerprint density at radius 3 is 2.08 bits per heavy atom. The smallest absolute Gasteiger partial charge is 0.106 e. The van der Waals surface area contributed by atoms with Crippen molar-refractivity contribution in [3.8, 4) is 0 Å². The van der Waals surface area contributed by atoms with Crippen LogP contribution in [-0.4, -0.2) is 18.5 Å². The topological polar surface area (TPSA) is 37.3 Å². The van der Waals surface area contributed by atoms with Crippen molar-refractivity contribution in [1.82, 2.24) is 0 Å². The van der Waals surface area contributed by atoms with Crippen molar-refractivity contribution in [3.63, 3.8) is 0 Å². The Kier molecular flexibility index (Phi) is 12.0. The minimum absolute atomic E-state index is 0. The molecule has 0 aromatic heterocycles. The molecule has 0 bridgehead atoms. The van der Waals surface area contributed by atoms with Gasteiger partial charge in [-0.1, -0.05) is 30.3 Å². The highest BCUT2D eigenvalue weighted by Gasteiger charge is 1.85. The lowest BCUT2D eigenvalue weighted by molar-refractivity contribution is -0.0979. The summed E-state index contributed by atoms with van der Waals surface area (Å²) in [7, 11) is 0. The molecule has 68 valence electrons. The maximum Gasteiger partial charge on any atom is 0.106 e. The summed E-state index contributed by atoms with van der Waals surface area (Å²) in [4.78, 5) is 8.00. The molecule has 3 heteroatoms. The van der Waals surface area contributed by atoms with E-state index in [-0.39, 0.29) is 23.6 Å². The summed E-state index contributed by atoms with van der Waals surface area (Å²) in [6, 6.07) is 9.95. The Hall–Kier alpha value is -0.670. The maximum atomic E-state index is 8.52. The summed E-state index contributed by atoms with van der Waals surface area (Å²) >= 11 is 0. The molecule has 0 fully saturated rings. The lowest BCUT2D eigenvalue weighted by Gasteiger charge is -1.93. The molecular weight excluding hydrogens is 220 g/mol. The van der Waals surface area contributed by atoms with Crippen LogP contribution in [0.1, 0.15) is 5.56 Å². The first kappa shape index (κ1) is 13.9. The van der Waals surface area contributed by atoms with Crippen LogP contribution in [0.2, 0.25) is 0 Å². The molecule has 2 nitrogen and oxygen atoms in total. The predicted molar refractivity (Wildman–Crippen MR) is 54.7 cm³/mol. The predicted octanol–water partition coefficient (Wildman–Crippen LogP) is 1.61. The summed E-state index contributed by atoms with van der Waals surface area (Å²) in [5.41, 5.74) is 1.19. The van der Waals surface area contributed by atoms with Gasteiger partial charge in [0.2, 0.25) is 0 Å². The SMILES string of the molecule is Br.C=O.OCCc1ccccc1. The second-order valence-corrected chi connectivity index (χ2v) is 1.96. The van der Waals surface area contributed by atoms with E-state index in [1.54, 1.807) is 0 Å². The Balaban J connectivity index is 0. The van der Waals surface area contributed by atoms with Crippen molar-refractivity contribution in [2.45, 2.75) is 6.42 Å². The van der Waals surface area contributed by atoms with Gasteiger partial charge in [0.1, 0.15) is 6.79 Å². The molecule has 0 radical (unpaired) electrons. The van der Waals surface area contributed by atoms with E-state index in [2.05, 4.69) is 0 Å². The number of carbonyl (C=O) groups is 1. The summed E-state index contributed by atoms with van der Waals surface area (Å²) < 4.78 is 0. The Morgan fingerprint density at radius 1 is 1.17 bits per heavy atom. The largest absolute Gasteiger partial charge is 0.396 e. The molecule has 0 saturated heterocycles. The molecule has 0 aliphatic carbocycles. The monoisotopic (exact) mass is 232 g/mol. The van der Waals surface area contributed by atoms with Gasteiger partial charge in [-0.25, -0.2) is 0 Å². The highest BCUT2D eigenvalue weighted by Crippen LogP contribution is 1.97. The van der Waals surface area contributed by atoms with Crippen molar-refractivity contribution in [3.05, 3.63) is 35.9 Å². The summed E-state index contributed by atoms with van der Waals surface area (Å²) in [5.74, 6) is 0. The number of aliphatic hydroxyl groups is 1. The van der Waals surface area contributed by atoms with Gasteiger partial charge in [-0.2, -0.15) is 0 Å². The van der Waals surface area contributed by atoms with Gasteiger partial charge in [0, 0.05) is 6.61 Å². The van der Waals surface area contributed by atoms with Gasteiger partial charge < -0.3 is 9.90 Å². The summed E-state index contributed by atoms with van der Waals surface area (Å²) in [6.07, 6.45) is 0.765. The minimum Gasteiger partial charge on any atom is -0.396 e. The van der Waals surface area contributed by atoms with Crippen LogP contribution in [0.3, 0.4) is 0 Å². The molecule has 1 aromatic rings. The van der Waals surface area contributed by atoms with Crippen molar-refractivity contribution >= 4 is 23.8 Å². The quantitative estimate of drug-likeness (QED) is 0.842. The Labute approximate surface area is 83.0 Å². The molecule has 12 heavy (non-hydrogen) atoms. The van der Waals surface area contributed by atoms with E-state index in [9.17, 15) is 0 Å². The van der Waals surface area contributed by atoms with Gasteiger partial charge in [0.05, 0.1) is 0 Å². The third kappa shape index (κ3) is 6.07. The van der Waals surface area contributed by atoms with Gasteiger partial charge in [-0.15, -0.1) is 17.0 Å². The highest BCUT2D eigenvalue weighted by atomic mass is 79.9. The number of benzene rings is 1. The van der Waals surface area contributed by atoms with Crippen LogP contribution < -0.4 is 0 Å². The Morgan fingerprint density at radius 2 is 1.67 bits per heavy atom. The van der Waals surface area contributed by atoms with Gasteiger partial charge >= 0.3 is 0 Å². The van der Waals surface area contributed by atoms with Crippen LogP contribution in [0.25, 0.3) is 0 Å². The number of carbonyl (C=O) groups excluding carboxylic acids is 1. The number of hydrogen-bond acceptors (Lipinski definition) is 2. The molecular formula is C9H13BrO2. The number of hydrogen-bond donors (Lipinski definition) is 1. The van der Waals surface area contributed by atoms with Crippen LogP contribution in [0.5, 0.6) is 0 Å². The van der Waals surface area contributed by atoms with Gasteiger partial charge in [-0.05, 0) is 12.0 Å².